The lowest BCUT2D eigenvalue weighted by Crippen LogP contribution is -2.50. The molecule has 3 heterocycles. The van der Waals surface area contributed by atoms with E-state index in [-0.39, 0.29) is 41.6 Å². The Morgan fingerprint density at radius 1 is 1.02 bits per heavy atom. The SMILES string of the molecule is [2H]C1([2H])N(CC#Cc2cccc3nc(C)n(C4CCC(=O)NC4=O)c(=O)c23)C([2H])([2H])C([2H])([2H])N(CCC23CC4CC(CC(C4)C2)C3)C1([2H])[2H]. The van der Waals surface area contributed by atoms with Crippen LogP contribution < -0.4 is 10.9 Å². The number of nitrogens with zero attached hydrogens (tertiary/aromatic N) is 4. The van der Waals surface area contributed by atoms with Gasteiger partial charge in [-0.05, 0) is 100 Å². The van der Waals surface area contributed by atoms with Crippen molar-refractivity contribution in [2.45, 2.75) is 70.8 Å². The van der Waals surface area contributed by atoms with Crippen LogP contribution >= 0.6 is 0 Å². The molecule has 2 saturated heterocycles. The number of piperidine rings is 1. The highest BCUT2D eigenvalue weighted by molar-refractivity contribution is 5.99. The standard InChI is InChI=1S/C33H41N5O3/c1-22-34-27-6-2-4-26(30(27)32(41)38(22)28-7-8-29(39)35-31(28)40)5-3-10-36-12-14-37(15-13-36)11-9-33-19-23-16-24(20-33)18-25(17-23)21-33/h2,4,6,23-25,28H,7-21H2,1H3,(H,35,39,40)/i12D2,13D2,14D2,15D2. The van der Waals surface area contributed by atoms with Crippen LogP contribution in [0.2, 0.25) is 0 Å². The number of rotatable bonds is 5. The molecule has 1 unspecified atom stereocenters. The Morgan fingerprint density at radius 3 is 2.39 bits per heavy atom. The number of amides is 2. The maximum Gasteiger partial charge on any atom is 0.263 e. The van der Waals surface area contributed by atoms with E-state index in [2.05, 4.69) is 22.1 Å². The van der Waals surface area contributed by atoms with Gasteiger partial charge in [0.05, 0.1) is 17.4 Å². The van der Waals surface area contributed by atoms with Gasteiger partial charge < -0.3 is 4.90 Å². The second-order valence-corrected chi connectivity index (χ2v) is 12.7. The molecule has 2 aromatic rings. The molecule has 4 aliphatic carbocycles. The van der Waals surface area contributed by atoms with Crippen LogP contribution in [0.3, 0.4) is 0 Å². The monoisotopic (exact) mass is 563 g/mol. The van der Waals surface area contributed by atoms with Gasteiger partial charge in [0.1, 0.15) is 11.9 Å². The number of carbonyl (C=O) groups excluding carboxylic acids is 2. The molecule has 8 rings (SSSR count). The second-order valence-electron chi connectivity index (χ2n) is 12.7. The number of benzene rings is 1. The molecule has 0 radical (unpaired) electrons. The van der Waals surface area contributed by atoms with Crippen LogP contribution in [0.25, 0.3) is 10.9 Å². The van der Waals surface area contributed by atoms with Gasteiger partial charge in [0.15, 0.2) is 0 Å². The number of fused-ring (bicyclic) bond motifs is 1. The highest BCUT2D eigenvalue weighted by Crippen LogP contribution is 2.61. The highest BCUT2D eigenvalue weighted by atomic mass is 16.2. The van der Waals surface area contributed by atoms with Crippen molar-refractivity contribution in [3.63, 3.8) is 0 Å². The molecule has 0 spiro atoms. The van der Waals surface area contributed by atoms with Crippen molar-refractivity contribution in [3.8, 4) is 11.8 Å². The van der Waals surface area contributed by atoms with Crippen LogP contribution in [0.4, 0.5) is 0 Å². The Kier molecular flexibility index (Phi) is 5.00. The lowest BCUT2D eigenvalue weighted by atomic mass is 9.49. The molecule has 2 aliphatic heterocycles. The van der Waals surface area contributed by atoms with E-state index >= 15 is 0 Å². The number of piperazine rings is 1. The lowest BCUT2D eigenvalue weighted by Gasteiger charge is -2.57. The molecule has 6 aliphatic rings. The fourth-order valence-corrected chi connectivity index (χ4v) is 8.40. The third-order valence-corrected chi connectivity index (χ3v) is 9.76. The van der Waals surface area contributed by atoms with E-state index in [1.807, 2.05) is 0 Å². The first kappa shape index (κ1) is 19.2. The normalized spacial score (nSPS) is 39.5. The predicted molar refractivity (Wildman–Crippen MR) is 157 cm³/mol. The molecule has 216 valence electrons. The van der Waals surface area contributed by atoms with Gasteiger partial charge in [-0.15, -0.1) is 0 Å². The van der Waals surface area contributed by atoms with Gasteiger partial charge in [0.2, 0.25) is 11.8 Å². The molecule has 1 atom stereocenters. The largest absolute Gasteiger partial charge is 0.301 e. The average molecular weight is 564 g/mol. The van der Waals surface area contributed by atoms with Gasteiger partial charge >= 0.3 is 0 Å². The average Bonchev–Trinajstić information content (AvgIpc) is 2.98. The third-order valence-electron chi connectivity index (χ3n) is 9.76. The number of aryl methyl sites for hydroxylation is 1. The van der Waals surface area contributed by atoms with Gasteiger partial charge in [0, 0.05) is 48.9 Å². The summed E-state index contributed by atoms with van der Waals surface area (Å²) < 4.78 is 72.3. The van der Waals surface area contributed by atoms with Gasteiger partial charge in [-0.2, -0.15) is 0 Å². The Balaban J connectivity index is 1.17. The van der Waals surface area contributed by atoms with Crippen molar-refractivity contribution < 1.29 is 20.6 Å². The minimum Gasteiger partial charge on any atom is -0.301 e. The first-order valence-corrected chi connectivity index (χ1v) is 14.8. The number of aromatic nitrogens is 2. The molecule has 1 aromatic carbocycles. The molecule has 1 N–H and O–H groups in total. The van der Waals surface area contributed by atoms with Crippen LogP contribution in [0.1, 0.15) is 86.2 Å². The molecular weight excluding hydrogens is 514 g/mol. The quantitative estimate of drug-likeness (QED) is 0.444. The Bertz CT molecular complexity index is 1790. The second kappa shape index (κ2) is 10.7. The zero-order valence-electron chi connectivity index (χ0n) is 31.3. The molecule has 1 aromatic heterocycles. The summed E-state index contributed by atoms with van der Waals surface area (Å²) in [4.78, 5) is 43.9. The molecule has 6 fully saturated rings. The van der Waals surface area contributed by atoms with Crippen LogP contribution in [-0.2, 0) is 9.59 Å². The number of hydrogen-bond acceptors (Lipinski definition) is 6. The molecule has 8 heteroatoms. The summed E-state index contributed by atoms with van der Waals surface area (Å²) in [5, 5.41) is 2.33. The Hall–Kier alpha value is -3.02. The minimum atomic E-state index is -2.98. The lowest BCUT2D eigenvalue weighted by molar-refractivity contribution is -0.135. The summed E-state index contributed by atoms with van der Waals surface area (Å²) >= 11 is 0. The fourth-order valence-electron chi connectivity index (χ4n) is 8.40. The van der Waals surface area contributed by atoms with Crippen molar-refractivity contribution in [2.75, 3.05) is 39.1 Å². The molecular formula is C33H41N5O3. The van der Waals surface area contributed by atoms with Crippen LogP contribution in [0.5, 0.6) is 0 Å². The zero-order chi connectivity index (χ0) is 35.3. The van der Waals surface area contributed by atoms with E-state index in [1.54, 1.807) is 19.1 Å². The van der Waals surface area contributed by atoms with E-state index < -0.39 is 55.9 Å². The fraction of sp³-hybridized carbons (Fsp3) is 0.636. The van der Waals surface area contributed by atoms with Crippen molar-refractivity contribution in [1.29, 1.82) is 0 Å². The summed E-state index contributed by atoms with van der Waals surface area (Å²) in [6.07, 6.45) is 7.38. The van der Waals surface area contributed by atoms with E-state index in [1.165, 1.54) is 29.9 Å². The van der Waals surface area contributed by atoms with Gasteiger partial charge in [-0.25, -0.2) is 4.98 Å². The summed E-state index contributed by atoms with van der Waals surface area (Å²) in [7, 11) is 0. The summed E-state index contributed by atoms with van der Waals surface area (Å²) in [6, 6.07) is 3.80. The van der Waals surface area contributed by atoms with Gasteiger partial charge in [-0.3, -0.25) is 29.2 Å². The van der Waals surface area contributed by atoms with Gasteiger partial charge in [-0.1, -0.05) is 17.9 Å². The first-order valence-electron chi connectivity index (χ1n) is 18.8. The Morgan fingerprint density at radius 2 is 1.71 bits per heavy atom. The van der Waals surface area contributed by atoms with Crippen molar-refractivity contribution in [2.24, 2.45) is 23.2 Å². The first-order chi connectivity index (χ1) is 22.9. The molecule has 8 nitrogen and oxygen atoms in total. The van der Waals surface area contributed by atoms with E-state index in [9.17, 15) is 14.4 Å². The van der Waals surface area contributed by atoms with Crippen molar-refractivity contribution in [1.82, 2.24) is 24.7 Å². The minimum absolute atomic E-state index is 0.0361. The maximum atomic E-state index is 13.8. The molecule has 41 heavy (non-hydrogen) atoms. The highest BCUT2D eigenvalue weighted by Gasteiger charge is 2.50. The van der Waals surface area contributed by atoms with Gasteiger partial charge in [0.25, 0.3) is 5.56 Å². The summed E-state index contributed by atoms with van der Waals surface area (Å²) in [6.45, 7) is -11.0. The van der Waals surface area contributed by atoms with Crippen LogP contribution in [0.15, 0.2) is 23.0 Å². The predicted octanol–water partition coefficient (Wildman–Crippen LogP) is 3.26. The molecule has 4 bridgehead atoms. The maximum absolute atomic E-state index is 13.8. The third kappa shape index (κ3) is 5.23. The number of hydrogen-bond donors (Lipinski definition) is 1. The summed E-state index contributed by atoms with van der Waals surface area (Å²) in [5.74, 6) is 6.61. The van der Waals surface area contributed by atoms with Crippen LogP contribution in [0, 0.1) is 41.9 Å². The Labute approximate surface area is 253 Å². The van der Waals surface area contributed by atoms with E-state index in [0.29, 0.717) is 34.6 Å². The smallest absolute Gasteiger partial charge is 0.263 e. The zero-order valence-corrected chi connectivity index (χ0v) is 23.3. The van der Waals surface area contributed by atoms with E-state index in [4.69, 9.17) is 11.0 Å². The van der Waals surface area contributed by atoms with Crippen molar-refractivity contribution in [3.05, 3.63) is 39.9 Å². The van der Waals surface area contributed by atoms with E-state index in [0.717, 1.165) is 24.2 Å². The number of imide groups is 1. The number of nitrogens with one attached hydrogen (secondary N) is 1. The van der Waals surface area contributed by atoms with Crippen LogP contribution in [-0.4, -0.2) is 70.2 Å². The van der Waals surface area contributed by atoms with Crippen molar-refractivity contribution >= 4 is 22.7 Å². The number of carbonyl (C=O) groups is 2. The summed E-state index contributed by atoms with van der Waals surface area (Å²) in [5.41, 5.74) is -0.125. The molecule has 4 saturated carbocycles. The molecule has 2 amide bonds. The topological polar surface area (TPSA) is 87.5 Å².